The van der Waals surface area contributed by atoms with Crippen molar-refractivity contribution in [1.82, 2.24) is 20.0 Å². The summed E-state index contributed by atoms with van der Waals surface area (Å²) < 4.78 is 1.42. The van der Waals surface area contributed by atoms with Gasteiger partial charge in [0.15, 0.2) is 0 Å². The van der Waals surface area contributed by atoms with Gasteiger partial charge in [-0.1, -0.05) is 13.0 Å². The second-order valence-corrected chi connectivity index (χ2v) is 5.96. The van der Waals surface area contributed by atoms with Crippen molar-refractivity contribution in [3.63, 3.8) is 0 Å². The fourth-order valence-electron chi connectivity index (χ4n) is 2.77. The van der Waals surface area contributed by atoms with E-state index in [9.17, 15) is 9.59 Å². The number of aryl methyl sites for hydroxylation is 1. The van der Waals surface area contributed by atoms with E-state index in [1.807, 2.05) is 13.0 Å². The molecule has 0 saturated carbocycles. The molecule has 0 aromatic carbocycles. The van der Waals surface area contributed by atoms with E-state index in [2.05, 4.69) is 22.5 Å². The SMILES string of the molecule is Cc1ccc2ncc(C(=O)NC3CNCCC3C)c(=O)n2c1. The predicted octanol–water partition coefficient (Wildman–Crippen LogP) is 0.731. The van der Waals surface area contributed by atoms with Gasteiger partial charge in [-0.25, -0.2) is 4.98 Å². The van der Waals surface area contributed by atoms with Crippen molar-refractivity contribution in [3.8, 4) is 0 Å². The minimum absolute atomic E-state index is 0.0406. The molecule has 3 heterocycles. The second kappa shape index (κ2) is 5.88. The number of aromatic nitrogens is 2. The number of pyridine rings is 1. The van der Waals surface area contributed by atoms with Crippen molar-refractivity contribution < 1.29 is 4.79 Å². The van der Waals surface area contributed by atoms with Gasteiger partial charge in [-0.15, -0.1) is 0 Å². The average Bonchev–Trinajstić information content (AvgIpc) is 2.50. The summed E-state index contributed by atoms with van der Waals surface area (Å²) in [6, 6.07) is 3.70. The van der Waals surface area contributed by atoms with E-state index in [4.69, 9.17) is 0 Å². The molecule has 0 spiro atoms. The highest BCUT2D eigenvalue weighted by Gasteiger charge is 2.24. The number of hydrogen-bond donors (Lipinski definition) is 2. The number of carbonyl (C=O) groups is 1. The first-order valence-electron chi connectivity index (χ1n) is 7.56. The molecule has 1 amide bonds. The standard InChI is InChI=1S/C16H20N4O2/c1-10-3-4-14-18-7-12(16(22)20(14)9-10)15(21)19-13-8-17-6-5-11(13)2/h3-4,7,9,11,13,17H,5-6,8H2,1-2H3,(H,19,21). The first kappa shape index (κ1) is 14.7. The Balaban J connectivity index is 1.91. The molecule has 3 rings (SSSR count). The highest BCUT2D eigenvalue weighted by molar-refractivity contribution is 5.94. The second-order valence-electron chi connectivity index (χ2n) is 5.96. The van der Waals surface area contributed by atoms with E-state index >= 15 is 0 Å². The van der Waals surface area contributed by atoms with E-state index < -0.39 is 0 Å². The maximum Gasteiger partial charge on any atom is 0.270 e. The van der Waals surface area contributed by atoms with Gasteiger partial charge in [-0.05, 0) is 37.4 Å². The van der Waals surface area contributed by atoms with Crippen LogP contribution in [0.5, 0.6) is 0 Å². The molecule has 0 aliphatic carbocycles. The quantitative estimate of drug-likeness (QED) is 0.857. The van der Waals surface area contributed by atoms with Gasteiger partial charge >= 0.3 is 0 Å². The van der Waals surface area contributed by atoms with Crippen LogP contribution in [0.4, 0.5) is 0 Å². The van der Waals surface area contributed by atoms with Crippen LogP contribution >= 0.6 is 0 Å². The summed E-state index contributed by atoms with van der Waals surface area (Å²) in [5.74, 6) is 0.0394. The van der Waals surface area contributed by atoms with Crippen molar-refractivity contribution in [2.45, 2.75) is 26.3 Å². The third-order valence-electron chi connectivity index (χ3n) is 4.24. The monoisotopic (exact) mass is 300 g/mol. The molecular formula is C16H20N4O2. The highest BCUT2D eigenvalue weighted by atomic mass is 16.2. The van der Waals surface area contributed by atoms with Gasteiger partial charge in [0, 0.05) is 25.0 Å². The van der Waals surface area contributed by atoms with Crippen LogP contribution in [-0.2, 0) is 0 Å². The summed E-state index contributed by atoms with van der Waals surface area (Å²) in [6.45, 7) is 5.70. The van der Waals surface area contributed by atoms with Crippen molar-refractivity contribution in [2.24, 2.45) is 5.92 Å². The zero-order valence-corrected chi connectivity index (χ0v) is 12.8. The van der Waals surface area contributed by atoms with E-state index in [0.29, 0.717) is 11.6 Å². The summed E-state index contributed by atoms with van der Waals surface area (Å²) in [7, 11) is 0. The van der Waals surface area contributed by atoms with Crippen LogP contribution in [0.2, 0.25) is 0 Å². The number of nitrogens with one attached hydrogen (secondary N) is 2. The first-order valence-corrected chi connectivity index (χ1v) is 7.56. The van der Waals surface area contributed by atoms with Gasteiger partial charge in [0.1, 0.15) is 11.2 Å². The van der Waals surface area contributed by atoms with Crippen LogP contribution in [-0.4, -0.2) is 34.4 Å². The van der Waals surface area contributed by atoms with Gasteiger partial charge in [0.25, 0.3) is 11.5 Å². The van der Waals surface area contributed by atoms with Gasteiger partial charge in [-0.3, -0.25) is 14.0 Å². The van der Waals surface area contributed by atoms with E-state index in [1.54, 1.807) is 12.3 Å². The Labute approximate surface area is 128 Å². The first-order chi connectivity index (χ1) is 10.6. The molecule has 2 N–H and O–H groups in total. The lowest BCUT2D eigenvalue weighted by Crippen LogP contribution is -2.51. The maximum absolute atomic E-state index is 12.5. The van der Waals surface area contributed by atoms with Crippen LogP contribution in [0.3, 0.4) is 0 Å². The summed E-state index contributed by atoms with van der Waals surface area (Å²) >= 11 is 0. The minimum Gasteiger partial charge on any atom is -0.348 e. The van der Waals surface area contributed by atoms with Crippen molar-refractivity contribution >= 4 is 11.6 Å². The van der Waals surface area contributed by atoms with Crippen LogP contribution < -0.4 is 16.2 Å². The molecule has 2 aromatic heterocycles. The number of nitrogens with zero attached hydrogens (tertiary/aromatic N) is 2. The molecule has 1 saturated heterocycles. The number of piperidine rings is 1. The normalized spacial score (nSPS) is 21.7. The van der Waals surface area contributed by atoms with Crippen LogP contribution in [0.25, 0.3) is 5.65 Å². The fraction of sp³-hybridized carbons (Fsp3) is 0.438. The smallest absolute Gasteiger partial charge is 0.270 e. The molecule has 1 aliphatic rings. The fourth-order valence-corrected chi connectivity index (χ4v) is 2.77. The van der Waals surface area contributed by atoms with Crippen molar-refractivity contribution in [1.29, 1.82) is 0 Å². The zero-order chi connectivity index (χ0) is 15.7. The third-order valence-corrected chi connectivity index (χ3v) is 4.24. The van der Waals surface area contributed by atoms with Crippen LogP contribution in [0.15, 0.2) is 29.3 Å². The van der Waals surface area contributed by atoms with Crippen LogP contribution in [0.1, 0.15) is 29.3 Å². The molecule has 1 fully saturated rings. The Bertz CT molecular complexity index is 768. The lowest BCUT2D eigenvalue weighted by Gasteiger charge is -2.30. The molecule has 22 heavy (non-hydrogen) atoms. The topological polar surface area (TPSA) is 75.5 Å². The summed E-state index contributed by atoms with van der Waals surface area (Å²) in [6.07, 6.45) is 4.08. The van der Waals surface area contributed by atoms with Crippen molar-refractivity contribution in [3.05, 3.63) is 46.0 Å². The summed E-state index contributed by atoms with van der Waals surface area (Å²) in [5, 5.41) is 6.21. The number of rotatable bonds is 2. The number of amides is 1. The van der Waals surface area contributed by atoms with Crippen LogP contribution in [0, 0.1) is 12.8 Å². The summed E-state index contributed by atoms with van der Waals surface area (Å²) in [4.78, 5) is 29.1. The van der Waals surface area contributed by atoms with Gasteiger partial charge < -0.3 is 10.6 Å². The van der Waals surface area contributed by atoms with Gasteiger partial charge in [0.2, 0.25) is 0 Å². The summed E-state index contributed by atoms with van der Waals surface area (Å²) in [5.41, 5.74) is 1.24. The highest BCUT2D eigenvalue weighted by Crippen LogP contribution is 2.11. The lowest BCUT2D eigenvalue weighted by molar-refractivity contribution is 0.0913. The zero-order valence-electron chi connectivity index (χ0n) is 12.8. The van der Waals surface area contributed by atoms with Gasteiger partial charge in [0.05, 0.1) is 0 Å². The number of carbonyl (C=O) groups excluding carboxylic acids is 1. The van der Waals surface area contributed by atoms with E-state index in [1.165, 1.54) is 10.6 Å². The molecule has 1 aliphatic heterocycles. The minimum atomic E-state index is -0.353. The van der Waals surface area contributed by atoms with Gasteiger partial charge in [-0.2, -0.15) is 0 Å². The van der Waals surface area contributed by atoms with E-state index in [0.717, 1.165) is 25.1 Å². The Kier molecular flexibility index (Phi) is 3.94. The third kappa shape index (κ3) is 2.74. The maximum atomic E-state index is 12.5. The molecule has 2 unspecified atom stereocenters. The van der Waals surface area contributed by atoms with E-state index in [-0.39, 0.29) is 23.1 Å². The Morgan fingerprint density at radius 2 is 2.27 bits per heavy atom. The largest absolute Gasteiger partial charge is 0.348 e. The molecule has 2 atom stereocenters. The number of fused-ring (bicyclic) bond motifs is 1. The molecule has 116 valence electrons. The molecule has 6 nitrogen and oxygen atoms in total. The molecule has 0 bridgehead atoms. The Hall–Kier alpha value is -2.21. The number of hydrogen-bond acceptors (Lipinski definition) is 4. The van der Waals surface area contributed by atoms with Crippen molar-refractivity contribution in [2.75, 3.05) is 13.1 Å². The molecule has 6 heteroatoms. The Morgan fingerprint density at radius 3 is 3.05 bits per heavy atom. The Morgan fingerprint density at radius 1 is 1.45 bits per heavy atom. The molecule has 0 radical (unpaired) electrons. The predicted molar refractivity (Wildman–Crippen MR) is 84.1 cm³/mol. The molecule has 2 aromatic rings. The molecular weight excluding hydrogens is 280 g/mol. The lowest BCUT2D eigenvalue weighted by atomic mass is 9.94. The average molecular weight is 300 g/mol.